The van der Waals surface area contributed by atoms with Crippen LogP contribution < -0.4 is 10.1 Å². The van der Waals surface area contributed by atoms with Crippen LogP contribution in [-0.4, -0.2) is 77.1 Å². The van der Waals surface area contributed by atoms with Crippen LogP contribution in [0.4, 0.5) is 4.39 Å². The molecule has 226 valence electrons. The molecule has 1 amide bonds. The van der Waals surface area contributed by atoms with E-state index in [1.807, 2.05) is 12.1 Å². The second-order valence-electron chi connectivity index (χ2n) is 11.5. The molecule has 0 radical (unpaired) electrons. The van der Waals surface area contributed by atoms with Crippen LogP contribution in [0.25, 0.3) is 0 Å². The first-order chi connectivity index (χ1) is 19.7. The monoisotopic (exact) mass is 589 g/mol. The van der Waals surface area contributed by atoms with E-state index in [0.29, 0.717) is 37.1 Å². The zero-order chi connectivity index (χ0) is 29.4. The summed E-state index contributed by atoms with van der Waals surface area (Å²) < 4.78 is 52.4. The number of amides is 1. The van der Waals surface area contributed by atoms with Crippen molar-refractivity contribution >= 4 is 15.9 Å². The number of nitrogens with one attached hydrogen (secondary N) is 1. The van der Waals surface area contributed by atoms with Crippen molar-refractivity contribution in [2.45, 2.75) is 61.9 Å². The number of benzene rings is 2. The molecular weight excluding hydrogens is 545 g/mol. The largest absolute Gasteiger partial charge is 0.497 e. The van der Waals surface area contributed by atoms with E-state index in [4.69, 9.17) is 9.47 Å². The first kappa shape index (κ1) is 31.4. The summed E-state index contributed by atoms with van der Waals surface area (Å²) >= 11 is 0. The quantitative estimate of drug-likeness (QED) is 0.389. The zero-order valence-corrected chi connectivity index (χ0v) is 25.2. The Morgan fingerprint density at radius 3 is 2.34 bits per heavy atom. The molecule has 4 rings (SSSR count). The number of sulfonamides is 1. The molecule has 8 nitrogen and oxygen atoms in total. The summed E-state index contributed by atoms with van der Waals surface area (Å²) in [5.74, 6) is 1.10. The fourth-order valence-electron chi connectivity index (χ4n) is 6.30. The van der Waals surface area contributed by atoms with Crippen molar-refractivity contribution in [2.24, 2.45) is 11.8 Å². The Balaban J connectivity index is 1.20. The molecule has 10 heteroatoms. The SMILES string of the molecule is COc1ccc(S(=O)(=O)N2CCCCC2COCC(=O)NCC2CCC(C(c3ccc(F)cc3)N(C)C)CC2)cc1. The van der Waals surface area contributed by atoms with E-state index >= 15 is 0 Å². The molecule has 41 heavy (non-hydrogen) atoms. The first-order valence-electron chi connectivity index (χ1n) is 14.6. The molecule has 1 N–H and O–H groups in total. The van der Waals surface area contributed by atoms with Crippen LogP contribution in [-0.2, 0) is 19.6 Å². The summed E-state index contributed by atoms with van der Waals surface area (Å²) in [6.45, 7) is 1.14. The van der Waals surface area contributed by atoms with Crippen LogP contribution in [0.2, 0.25) is 0 Å². The number of piperidine rings is 1. The summed E-state index contributed by atoms with van der Waals surface area (Å²) in [7, 11) is 2.01. The summed E-state index contributed by atoms with van der Waals surface area (Å²) in [4.78, 5) is 15.0. The van der Waals surface area contributed by atoms with Gasteiger partial charge in [-0.1, -0.05) is 18.6 Å². The van der Waals surface area contributed by atoms with Crippen LogP contribution in [0.3, 0.4) is 0 Å². The fraction of sp³-hybridized carbons (Fsp3) is 0.581. The van der Waals surface area contributed by atoms with Crippen molar-refractivity contribution in [3.8, 4) is 5.75 Å². The van der Waals surface area contributed by atoms with Gasteiger partial charge in [0.1, 0.15) is 18.2 Å². The lowest BCUT2D eigenvalue weighted by molar-refractivity contribution is -0.126. The lowest BCUT2D eigenvalue weighted by atomic mass is 9.76. The summed E-state index contributed by atoms with van der Waals surface area (Å²) in [5, 5.41) is 3.01. The molecule has 1 saturated carbocycles. The second-order valence-corrected chi connectivity index (χ2v) is 13.4. The molecule has 0 bridgehead atoms. The van der Waals surface area contributed by atoms with E-state index in [1.54, 1.807) is 31.4 Å². The molecule has 1 heterocycles. The topological polar surface area (TPSA) is 88.2 Å². The number of rotatable bonds is 12. The highest BCUT2D eigenvalue weighted by Gasteiger charge is 2.34. The standard InChI is InChI=1S/C31H44FN3O5S/c1-34(2)31(25-11-13-26(32)14-12-25)24-9-7-23(8-10-24)20-33-30(36)22-40-21-27-6-4-5-19-35(27)41(37,38)29-17-15-28(39-3)16-18-29/h11-18,23-24,27,31H,4-10,19-22H2,1-3H3,(H,33,36). The van der Waals surface area contributed by atoms with Crippen LogP contribution in [0.5, 0.6) is 5.75 Å². The van der Waals surface area contributed by atoms with Gasteiger partial charge in [-0.05, 0) is 106 Å². The lowest BCUT2D eigenvalue weighted by Crippen LogP contribution is -2.46. The predicted octanol–water partition coefficient (Wildman–Crippen LogP) is 4.62. The van der Waals surface area contributed by atoms with Crippen molar-refractivity contribution < 1.29 is 27.1 Å². The average Bonchev–Trinajstić information content (AvgIpc) is 2.98. The van der Waals surface area contributed by atoms with E-state index < -0.39 is 10.0 Å². The second kappa shape index (κ2) is 14.6. The number of hydrogen-bond donors (Lipinski definition) is 1. The Morgan fingerprint density at radius 2 is 1.71 bits per heavy atom. The van der Waals surface area contributed by atoms with Crippen molar-refractivity contribution in [3.05, 3.63) is 59.9 Å². The third-order valence-electron chi connectivity index (χ3n) is 8.48. The van der Waals surface area contributed by atoms with Gasteiger partial charge in [0, 0.05) is 25.2 Å². The number of carbonyl (C=O) groups excluding carboxylic acids is 1. The third-order valence-corrected chi connectivity index (χ3v) is 10.4. The summed E-state index contributed by atoms with van der Waals surface area (Å²) in [6.07, 6.45) is 6.58. The molecule has 1 aliphatic heterocycles. The van der Waals surface area contributed by atoms with E-state index in [0.717, 1.165) is 44.1 Å². The molecule has 2 unspecified atom stereocenters. The minimum absolute atomic E-state index is 0.0878. The Kier molecular flexibility index (Phi) is 11.2. The Bertz CT molecular complexity index is 1220. The van der Waals surface area contributed by atoms with Crippen molar-refractivity contribution in [1.29, 1.82) is 0 Å². The minimum atomic E-state index is -3.67. The maximum Gasteiger partial charge on any atom is 0.246 e. The van der Waals surface area contributed by atoms with Gasteiger partial charge >= 0.3 is 0 Å². The smallest absolute Gasteiger partial charge is 0.246 e. The predicted molar refractivity (Wildman–Crippen MR) is 157 cm³/mol. The van der Waals surface area contributed by atoms with Gasteiger partial charge in [0.05, 0.1) is 18.6 Å². The maximum atomic E-state index is 13.4. The molecular formula is C31H44FN3O5S. The van der Waals surface area contributed by atoms with Gasteiger partial charge in [-0.25, -0.2) is 12.8 Å². The third kappa shape index (κ3) is 8.28. The highest BCUT2D eigenvalue weighted by molar-refractivity contribution is 7.89. The Morgan fingerprint density at radius 1 is 1.02 bits per heavy atom. The molecule has 1 saturated heterocycles. The van der Waals surface area contributed by atoms with Gasteiger partial charge < -0.3 is 19.7 Å². The number of ether oxygens (including phenoxy) is 2. The van der Waals surface area contributed by atoms with Gasteiger partial charge in [-0.15, -0.1) is 0 Å². The van der Waals surface area contributed by atoms with Gasteiger partial charge in [0.25, 0.3) is 0 Å². The fourth-order valence-corrected chi connectivity index (χ4v) is 7.98. The average molecular weight is 590 g/mol. The highest BCUT2D eigenvalue weighted by Crippen LogP contribution is 2.39. The van der Waals surface area contributed by atoms with Gasteiger partial charge in [-0.2, -0.15) is 4.31 Å². The van der Waals surface area contributed by atoms with E-state index in [9.17, 15) is 17.6 Å². The van der Waals surface area contributed by atoms with Gasteiger partial charge in [0.15, 0.2) is 0 Å². The number of hydrogen-bond acceptors (Lipinski definition) is 6. The van der Waals surface area contributed by atoms with Gasteiger partial charge in [-0.3, -0.25) is 4.79 Å². The van der Waals surface area contributed by atoms with Crippen molar-refractivity contribution in [3.63, 3.8) is 0 Å². The number of carbonyl (C=O) groups is 1. The minimum Gasteiger partial charge on any atom is -0.497 e. The molecule has 0 aromatic heterocycles. The van der Waals surface area contributed by atoms with E-state index in [2.05, 4.69) is 24.3 Å². The zero-order valence-electron chi connectivity index (χ0n) is 24.4. The van der Waals surface area contributed by atoms with E-state index in [1.165, 1.54) is 16.4 Å². The normalized spacial score (nSPS) is 22.8. The number of nitrogens with zero attached hydrogens (tertiary/aromatic N) is 2. The highest BCUT2D eigenvalue weighted by atomic mass is 32.2. The van der Waals surface area contributed by atoms with Crippen LogP contribution >= 0.6 is 0 Å². The van der Waals surface area contributed by atoms with Crippen LogP contribution in [0.1, 0.15) is 56.6 Å². The summed E-state index contributed by atoms with van der Waals surface area (Å²) in [5.41, 5.74) is 1.14. The van der Waals surface area contributed by atoms with Crippen LogP contribution in [0.15, 0.2) is 53.4 Å². The maximum absolute atomic E-state index is 13.4. The van der Waals surface area contributed by atoms with Gasteiger partial charge in [0.2, 0.25) is 15.9 Å². The lowest BCUT2D eigenvalue weighted by Gasteiger charge is -2.37. The Labute approximate surface area is 244 Å². The molecule has 2 aromatic carbocycles. The number of methoxy groups -OCH3 is 1. The molecule has 1 aliphatic carbocycles. The van der Waals surface area contributed by atoms with Crippen LogP contribution in [0, 0.1) is 17.7 Å². The molecule has 0 spiro atoms. The molecule has 2 aliphatic rings. The number of halogens is 1. The molecule has 2 aromatic rings. The van der Waals surface area contributed by atoms with Crippen molar-refractivity contribution in [1.82, 2.24) is 14.5 Å². The first-order valence-corrected chi connectivity index (χ1v) is 16.0. The van der Waals surface area contributed by atoms with Crippen molar-refractivity contribution in [2.75, 3.05) is 47.5 Å². The summed E-state index contributed by atoms with van der Waals surface area (Å²) in [6, 6.07) is 13.2. The molecule has 2 fully saturated rings. The Hall–Kier alpha value is -2.53. The molecule has 2 atom stereocenters. The van der Waals surface area contributed by atoms with E-state index in [-0.39, 0.29) is 41.9 Å².